The molecule has 0 unspecified atom stereocenters. The normalized spacial score (nSPS) is 16.1. The van der Waals surface area contributed by atoms with E-state index in [0.717, 1.165) is 16.4 Å². The molecule has 28 heavy (non-hydrogen) atoms. The Morgan fingerprint density at radius 1 is 1.18 bits per heavy atom. The number of carbonyl (C=O) groups excluding carboxylic acids is 1. The van der Waals surface area contributed by atoms with Gasteiger partial charge in [0.15, 0.2) is 0 Å². The maximum atomic E-state index is 13.9. The van der Waals surface area contributed by atoms with Crippen molar-refractivity contribution in [2.75, 3.05) is 21.2 Å². The highest BCUT2D eigenvalue weighted by atomic mass is 32.2. The van der Waals surface area contributed by atoms with Crippen LogP contribution in [0.3, 0.4) is 0 Å². The molecule has 6 nitrogen and oxygen atoms in total. The summed E-state index contributed by atoms with van der Waals surface area (Å²) in [5.74, 6) is -2.12. The van der Waals surface area contributed by atoms with Gasteiger partial charge >= 0.3 is 5.97 Å². The number of sulfonamides is 1. The van der Waals surface area contributed by atoms with Crippen molar-refractivity contribution in [2.45, 2.75) is 23.8 Å². The lowest BCUT2D eigenvalue weighted by molar-refractivity contribution is 0.0300. The number of carbonyl (C=O) groups is 1. The molecule has 1 aliphatic rings. The lowest BCUT2D eigenvalue weighted by atomic mass is 10.1. The van der Waals surface area contributed by atoms with Gasteiger partial charge in [-0.25, -0.2) is 26.3 Å². The van der Waals surface area contributed by atoms with Gasteiger partial charge in [-0.05, 0) is 42.7 Å². The quantitative estimate of drug-likeness (QED) is 0.707. The van der Waals surface area contributed by atoms with Crippen LogP contribution in [-0.2, 0) is 21.2 Å². The Balaban J connectivity index is 1.91. The molecule has 2 aromatic rings. The van der Waals surface area contributed by atoms with Gasteiger partial charge in [0.05, 0.1) is 12.7 Å². The zero-order chi connectivity index (χ0) is 20.6. The molecule has 0 aliphatic heterocycles. The van der Waals surface area contributed by atoms with Gasteiger partial charge in [-0.2, -0.15) is 0 Å². The zero-order valence-electron chi connectivity index (χ0n) is 15.5. The Bertz CT molecular complexity index is 1040. The molecule has 150 valence electrons. The molecule has 0 amide bonds. The first-order chi connectivity index (χ1) is 13.1. The molecule has 0 heterocycles. The zero-order valence-corrected chi connectivity index (χ0v) is 16.3. The second-order valence-electron chi connectivity index (χ2n) is 6.54. The van der Waals surface area contributed by atoms with Crippen LogP contribution in [0.5, 0.6) is 5.75 Å². The number of rotatable bonds is 5. The molecule has 0 saturated heterocycles. The summed E-state index contributed by atoms with van der Waals surface area (Å²) in [7, 11) is 0.177. The molecule has 0 N–H and O–H groups in total. The van der Waals surface area contributed by atoms with Crippen molar-refractivity contribution < 1.29 is 31.5 Å². The van der Waals surface area contributed by atoms with Crippen LogP contribution >= 0.6 is 0 Å². The van der Waals surface area contributed by atoms with E-state index < -0.39 is 33.7 Å². The Kier molecular flexibility index (Phi) is 5.40. The lowest BCUT2D eigenvalue weighted by Gasteiger charge is -2.17. The van der Waals surface area contributed by atoms with Crippen LogP contribution in [0, 0.1) is 11.6 Å². The SMILES string of the molecule is COc1ccc(C(=O)O[C@H]2CCc3c(F)cc(F)cc32)cc1S(=O)(=O)N(C)C. The van der Waals surface area contributed by atoms with Crippen molar-refractivity contribution >= 4 is 16.0 Å². The molecule has 3 rings (SSSR count). The van der Waals surface area contributed by atoms with E-state index in [1.165, 1.54) is 39.4 Å². The van der Waals surface area contributed by atoms with Crippen LogP contribution in [0.1, 0.15) is 34.0 Å². The van der Waals surface area contributed by atoms with Crippen LogP contribution in [-0.4, -0.2) is 39.9 Å². The topological polar surface area (TPSA) is 72.9 Å². The van der Waals surface area contributed by atoms with Crippen molar-refractivity contribution in [3.63, 3.8) is 0 Å². The number of halogens is 2. The molecule has 0 spiro atoms. The number of ether oxygens (including phenoxy) is 2. The molecule has 0 bridgehead atoms. The van der Waals surface area contributed by atoms with E-state index in [1.807, 2.05) is 0 Å². The summed E-state index contributed by atoms with van der Waals surface area (Å²) in [6.45, 7) is 0. The minimum Gasteiger partial charge on any atom is -0.495 e. The average molecular weight is 411 g/mol. The largest absolute Gasteiger partial charge is 0.495 e. The predicted octanol–water partition coefficient (Wildman–Crippen LogP) is 3.07. The highest BCUT2D eigenvalue weighted by molar-refractivity contribution is 7.89. The number of hydrogen-bond donors (Lipinski definition) is 0. The Hall–Kier alpha value is -2.52. The Labute approximate surface area is 161 Å². The monoisotopic (exact) mass is 411 g/mol. The highest BCUT2D eigenvalue weighted by Crippen LogP contribution is 2.37. The van der Waals surface area contributed by atoms with E-state index in [1.54, 1.807) is 0 Å². The summed E-state index contributed by atoms with van der Waals surface area (Å²) in [6.07, 6.45) is -0.161. The maximum absolute atomic E-state index is 13.9. The second kappa shape index (κ2) is 7.48. The van der Waals surface area contributed by atoms with Crippen LogP contribution < -0.4 is 4.74 Å². The van der Waals surface area contributed by atoms with E-state index in [0.29, 0.717) is 24.0 Å². The van der Waals surface area contributed by atoms with E-state index in [4.69, 9.17) is 9.47 Å². The summed E-state index contributed by atoms with van der Waals surface area (Å²) in [4.78, 5) is 12.4. The van der Waals surface area contributed by atoms with E-state index >= 15 is 0 Å². The number of hydrogen-bond acceptors (Lipinski definition) is 5. The summed E-state index contributed by atoms with van der Waals surface area (Å²) in [6, 6.07) is 5.84. The number of esters is 1. The second-order valence-corrected chi connectivity index (χ2v) is 8.66. The fourth-order valence-electron chi connectivity index (χ4n) is 3.13. The van der Waals surface area contributed by atoms with E-state index in [2.05, 4.69) is 0 Å². The Morgan fingerprint density at radius 2 is 1.89 bits per heavy atom. The van der Waals surface area contributed by atoms with Crippen molar-refractivity contribution in [3.8, 4) is 5.75 Å². The summed E-state index contributed by atoms with van der Waals surface area (Å²) in [5, 5.41) is 0. The molecular formula is C19H19F2NO5S. The van der Waals surface area contributed by atoms with Gasteiger partial charge in [0.25, 0.3) is 0 Å². The van der Waals surface area contributed by atoms with Crippen molar-refractivity contribution in [3.05, 3.63) is 58.7 Å². The predicted molar refractivity (Wildman–Crippen MR) is 96.7 cm³/mol. The first kappa shape index (κ1) is 20.2. The minimum atomic E-state index is -3.86. The van der Waals surface area contributed by atoms with Crippen LogP contribution in [0.2, 0.25) is 0 Å². The van der Waals surface area contributed by atoms with Crippen molar-refractivity contribution in [1.82, 2.24) is 4.31 Å². The van der Waals surface area contributed by atoms with Gasteiger partial charge in [-0.3, -0.25) is 0 Å². The number of methoxy groups -OCH3 is 1. The number of fused-ring (bicyclic) bond motifs is 1. The smallest absolute Gasteiger partial charge is 0.338 e. The number of nitrogens with zero attached hydrogens (tertiary/aromatic N) is 1. The third-order valence-corrected chi connectivity index (χ3v) is 6.44. The van der Waals surface area contributed by atoms with Crippen LogP contribution in [0.25, 0.3) is 0 Å². The molecule has 1 atom stereocenters. The molecule has 0 aromatic heterocycles. The fourth-order valence-corrected chi connectivity index (χ4v) is 4.20. The van der Waals surface area contributed by atoms with Gasteiger partial charge in [-0.1, -0.05) is 0 Å². The van der Waals surface area contributed by atoms with Crippen molar-refractivity contribution in [2.24, 2.45) is 0 Å². The van der Waals surface area contributed by atoms with Gasteiger partial charge in [0, 0.05) is 25.7 Å². The van der Waals surface area contributed by atoms with Crippen LogP contribution in [0.4, 0.5) is 8.78 Å². The Morgan fingerprint density at radius 3 is 2.54 bits per heavy atom. The minimum absolute atomic E-state index is 0.00782. The third kappa shape index (κ3) is 3.59. The maximum Gasteiger partial charge on any atom is 0.338 e. The standard InChI is InChI=1S/C19H19F2NO5S/c1-22(2)28(24,25)18-8-11(4-6-17(18)26-3)19(23)27-16-7-5-13-14(16)9-12(20)10-15(13)21/h4,6,8-10,16H,5,7H2,1-3H3/t16-/m0/s1. The van der Waals surface area contributed by atoms with Gasteiger partial charge in [0.2, 0.25) is 10.0 Å². The molecule has 0 radical (unpaired) electrons. The lowest BCUT2D eigenvalue weighted by Crippen LogP contribution is -2.23. The molecule has 0 saturated carbocycles. The molecule has 2 aromatic carbocycles. The third-order valence-electron chi connectivity index (χ3n) is 4.61. The molecular weight excluding hydrogens is 392 g/mol. The van der Waals surface area contributed by atoms with E-state index in [-0.39, 0.29) is 16.2 Å². The highest BCUT2D eigenvalue weighted by Gasteiger charge is 2.30. The first-order valence-electron chi connectivity index (χ1n) is 8.44. The molecule has 9 heteroatoms. The fraction of sp³-hybridized carbons (Fsp3) is 0.316. The van der Waals surface area contributed by atoms with Crippen molar-refractivity contribution in [1.29, 1.82) is 0 Å². The average Bonchev–Trinajstić information content (AvgIpc) is 3.03. The summed E-state index contributed by atoms with van der Waals surface area (Å²) >= 11 is 0. The molecule has 1 aliphatic carbocycles. The van der Waals surface area contributed by atoms with Gasteiger partial charge in [-0.15, -0.1) is 0 Å². The summed E-state index contributed by atoms with van der Waals surface area (Å²) < 4.78 is 63.9. The summed E-state index contributed by atoms with van der Waals surface area (Å²) in [5.41, 5.74) is 0.608. The van der Waals surface area contributed by atoms with Gasteiger partial charge < -0.3 is 9.47 Å². The van der Waals surface area contributed by atoms with Gasteiger partial charge in [0.1, 0.15) is 28.4 Å². The van der Waals surface area contributed by atoms with Crippen LogP contribution in [0.15, 0.2) is 35.2 Å². The van der Waals surface area contributed by atoms with E-state index in [9.17, 15) is 22.0 Å². The first-order valence-corrected chi connectivity index (χ1v) is 9.88. The number of benzene rings is 2. The molecule has 0 fully saturated rings.